The molecule has 0 unspecified atom stereocenters. The van der Waals surface area contributed by atoms with Crippen molar-refractivity contribution >= 4 is 28.1 Å². The highest BCUT2D eigenvalue weighted by molar-refractivity contribution is 9.10. The number of hydrogen-bond acceptors (Lipinski definition) is 4. The van der Waals surface area contributed by atoms with Gasteiger partial charge in [0.05, 0.1) is 18.9 Å². The fourth-order valence-corrected chi connectivity index (χ4v) is 1.85. The van der Waals surface area contributed by atoms with Crippen LogP contribution in [0.1, 0.15) is 15.9 Å². The van der Waals surface area contributed by atoms with Gasteiger partial charge in [0.15, 0.2) is 0 Å². The highest BCUT2D eigenvalue weighted by atomic mass is 79.9. The third-order valence-corrected chi connectivity index (χ3v) is 2.87. The fourth-order valence-electron chi connectivity index (χ4n) is 1.49. The zero-order chi connectivity index (χ0) is 14.4. The van der Waals surface area contributed by atoms with E-state index in [1.807, 2.05) is 24.3 Å². The highest BCUT2D eigenvalue weighted by Gasteiger charge is 2.04. The van der Waals surface area contributed by atoms with E-state index in [1.54, 1.807) is 25.6 Å². The van der Waals surface area contributed by atoms with Gasteiger partial charge in [-0.15, -0.1) is 0 Å². The van der Waals surface area contributed by atoms with Gasteiger partial charge in [0.25, 0.3) is 5.91 Å². The lowest BCUT2D eigenvalue weighted by Gasteiger charge is -2.01. The first-order valence-electron chi connectivity index (χ1n) is 5.77. The Labute approximate surface area is 124 Å². The molecule has 0 aliphatic carbocycles. The Morgan fingerprint density at radius 1 is 1.40 bits per heavy atom. The summed E-state index contributed by atoms with van der Waals surface area (Å²) in [4.78, 5) is 15.7. The number of nitrogens with one attached hydrogen (secondary N) is 1. The second-order valence-corrected chi connectivity index (χ2v) is 4.78. The third-order valence-electron chi connectivity index (χ3n) is 2.44. The molecule has 0 saturated heterocycles. The molecule has 0 saturated carbocycles. The SMILES string of the molecule is COc1cccc(/C=N\NC(=O)c2cncc(Br)c2)c1. The van der Waals surface area contributed by atoms with Crippen molar-refractivity contribution in [3.8, 4) is 5.75 Å². The van der Waals surface area contributed by atoms with Crippen molar-refractivity contribution in [3.05, 3.63) is 58.3 Å². The normalized spacial score (nSPS) is 10.5. The van der Waals surface area contributed by atoms with E-state index in [1.165, 1.54) is 6.20 Å². The summed E-state index contributed by atoms with van der Waals surface area (Å²) < 4.78 is 5.84. The van der Waals surface area contributed by atoms with Crippen LogP contribution in [0, 0.1) is 0 Å². The molecule has 2 aromatic rings. The van der Waals surface area contributed by atoms with Crippen molar-refractivity contribution in [3.63, 3.8) is 0 Å². The summed E-state index contributed by atoms with van der Waals surface area (Å²) in [5.74, 6) is 0.411. The van der Waals surface area contributed by atoms with Gasteiger partial charge in [0, 0.05) is 16.9 Å². The van der Waals surface area contributed by atoms with Crippen LogP contribution in [0.15, 0.2) is 52.3 Å². The number of methoxy groups -OCH3 is 1. The molecule has 1 N–H and O–H groups in total. The van der Waals surface area contributed by atoms with Crippen LogP contribution in [0.5, 0.6) is 5.75 Å². The van der Waals surface area contributed by atoms with Crippen LogP contribution >= 0.6 is 15.9 Å². The number of rotatable bonds is 4. The number of ether oxygens (including phenoxy) is 1. The maximum atomic E-state index is 11.8. The van der Waals surface area contributed by atoms with Crippen LogP contribution in [0.4, 0.5) is 0 Å². The van der Waals surface area contributed by atoms with Gasteiger partial charge in [-0.05, 0) is 39.7 Å². The van der Waals surface area contributed by atoms with Crippen molar-refractivity contribution in [2.45, 2.75) is 0 Å². The van der Waals surface area contributed by atoms with E-state index < -0.39 is 0 Å². The maximum absolute atomic E-state index is 11.8. The average Bonchev–Trinajstić information content (AvgIpc) is 2.47. The molecule has 2 rings (SSSR count). The molecule has 0 aliphatic heterocycles. The van der Waals surface area contributed by atoms with E-state index in [0.717, 1.165) is 15.8 Å². The standard InChI is InChI=1S/C14H12BrN3O2/c1-20-13-4-2-3-10(5-13)7-17-18-14(19)11-6-12(15)9-16-8-11/h2-9H,1H3,(H,18,19)/b17-7-. The van der Waals surface area contributed by atoms with Crippen molar-refractivity contribution in [1.82, 2.24) is 10.4 Å². The Balaban J connectivity index is 2.00. The first kappa shape index (κ1) is 14.2. The number of pyridine rings is 1. The third kappa shape index (κ3) is 3.89. The van der Waals surface area contributed by atoms with Crippen molar-refractivity contribution < 1.29 is 9.53 Å². The highest BCUT2D eigenvalue weighted by Crippen LogP contribution is 2.11. The molecule has 0 fully saturated rings. The van der Waals surface area contributed by atoms with E-state index in [-0.39, 0.29) is 5.91 Å². The molecule has 0 bridgehead atoms. The Morgan fingerprint density at radius 3 is 3.00 bits per heavy atom. The van der Waals surface area contributed by atoms with E-state index in [2.05, 4.69) is 31.4 Å². The number of carbonyl (C=O) groups excluding carboxylic acids is 1. The number of benzene rings is 1. The topological polar surface area (TPSA) is 63.6 Å². The van der Waals surface area contributed by atoms with Gasteiger partial charge in [-0.2, -0.15) is 5.10 Å². The summed E-state index contributed by atoms with van der Waals surface area (Å²) in [5, 5.41) is 3.90. The second-order valence-electron chi connectivity index (χ2n) is 3.87. The molecule has 1 aromatic carbocycles. The van der Waals surface area contributed by atoms with Gasteiger partial charge in [0.1, 0.15) is 5.75 Å². The first-order chi connectivity index (χ1) is 9.69. The largest absolute Gasteiger partial charge is 0.497 e. The Kier molecular flexibility index (Phi) is 4.84. The number of nitrogens with zero attached hydrogens (tertiary/aromatic N) is 2. The lowest BCUT2D eigenvalue weighted by atomic mass is 10.2. The summed E-state index contributed by atoms with van der Waals surface area (Å²) in [5.41, 5.74) is 3.70. The van der Waals surface area contributed by atoms with Gasteiger partial charge >= 0.3 is 0 Å². The number of aromatic nitrogens is 1. The van der Waals surface area contributed by atoms with Gasteiger partial charge in [-0.3, -0.25) is 9.78 Å². The van der Waals surface area contributed by atoms with Crippen LogP contribution in [-0.2, 0) is 0 Å². The monoisotopic (exact) mass is 333 g/mol. The Morgan fingerprint density at radius 2 is 2.25 bits per heavy atom. The van der Waals surface area contributed by atoms with Crippen molar-refractivity contribution in [2.75, 3.05) is 7.11 Å². The van der Waals surface area contributed by atoms with Gasteiger partial charge in [-0.1, -0.05) is 12.1 Å². The zero-order valence-corrected chi connectivity index (χ0v) is 12.3. The summed E-state index contributed by atoms with van der Waals surface area (Å²) >= 11 is 3.26. The summed E-state index contributed by atoms with van der Waals surface area (Å²) in [6, 6.07) is 9.03. The summed E-state index contributed by atoms with van der Waals surface area (Å²) in [6.45, 7) is 0. The number of carbonyl (C=O) groups is 1. The number of hydrogen-bond donors (Lipinski definition) is 1. The molecular weight excluding hydrogens is 322 g/mol. The van der Waals surface area contributed by atoms with Gasteiger partial charge < -0.3 is 4.74 Å². The molecule has 1 amide bonds. The van der Waals surface area contributed by atoms with Crippen LogP contribution in [0.2, 0.25) is 0 Å². The molecule has 0 radical (unpaired) electrons. The molecule has 1 aromatic heterocycles. The molecule has 102 valence electrons. The van der Waals surface area contributed by atoms with E-state index >= 15 is 0 Å². The summed E-state index contributed by atoms with van der Waals surface area (Å²) in [6.07, 6.45) is 4.63. The Hall–Kier alpha value is -2.21. The van der Waals surface area contributed by atoms with E-state index in [4.69, 9.17) is 4.74 Å². The number of halogens is 1. The van der Waals surface area contributed by atoms with Crippen LogP contribution in [-0.4, -0.2) is 24.2 Å². The molecule has 0 atom stereocenters. The lowest BCUT2D eigenvalue weighted by Crippen LogP contribution is -2.17. The minimum absolute atomic E-state index is 0.321. The smallest absolute Gasteiger partial charge is 0.272 e. The predicted octanol–water partition coefficient (Wildman–Crippen LogP) is 2.62. The van der Waals surface area contributed by atoms with E-state index in [9.17, 15) is 4.79 Å². The molecule has 0 spiro atoms. The molecule has 5 nitrogen and oxygen atoms in total. The molecule has 6 heteroatoms. The molecule has 1 heterocycles. The Bertz CT molecular complexity index is 644. The van der Waals surface area contributed by atoms with E-state index in [0.29, 0.717) is 5.56 Å². The number of amides is 1. The second kappa shape index (κ2) is 6.81. The fraction of sp³-hybridized carbons (Fsp3) is 0.0714. The van der Waals surface area contributed by atoms with Crippen LogP contribution < -0.4 is 10.2 Å². The zero-order valence-electron chi connectivity index (χ0n) is 10.7. The van der Waals surface area contributed by atoms with Crippen LogP contribution in [0.25, 0.3) is 0 Å². The average molecular weight is 334 g/mol. The molecular formula is C14H12BrN3O2. The summed E-state index contributed by atoms with van der Waals surface area (Å²) in [7, 11) is 1.60. The van der Waals surface area contributed by atoms with Crippen molar-refractivity contribution in [1.29, 1.82) is 0 Å². The lowest BCUT2D eigenvalue weighted by molar-refractivity contribution is 0.0954. The molecule has 0 aliphatic rings. The minimum Gasteiger partial charge on any atom is -0.497 e. The molecule has 20 heavy (non-hydrogen) atoms. The maximum Gasteiger partial charge on any atom is 0.272 e. The van der Waals surface area contributed by atoms with Crippen molar-refractivity contribution in [2.24, 2.45) is 5.10 Å². The predicted molar refractivity (Wildman–Crippen MR) is 80.0 cm³/mol. The quantitative estimate of drug-likeness (QED) is 0.691. The first-order valence-corrected chi connectivity index (χ1v) is 6.56. The minimum atomic E-state index is -0.321. The van der Waals surface area contributed by atoms with Gasteiger partial charge in [0.2, 0.25) is 0 Å². The number of hydrazone groups is 1. The van der Waals surface area contributed by atoms with Gasteiger partial charge in [-0.25, -0.2) is 5.43 Å². The van der Waals surface area contributed by atoms with Crippen LogP contribution in [0.3, 0.4) is 0 Å².